The normalized spacial score (nSPS) is 15.1. The molecule has 0 fully saturated rings. The number of anilines is 1. The predicted octanol–water partition coefficient (Wildman–Crippen LogP) is 2.87. The second kappa shape index (κ2) is 4.76. The van der Waals surface area contributed by atoms with Crippen molar-refractivity contribution in [3.05, 3.63) is 28.8 Å². The molecule has 0 radical (unpaired) electrons. The maximum atomic E-state index is 12.1. The molecule has 1 aliphatic heterocycles. The van der Waals surface area contributed by atoms with Crippen molar-refractivity contribution < 1.29 is 9.53 Å². The average Bonchev–Trinajstić information content (AvgIpc) is 2.31. The van der Waals surface area contributed by atoms with Gasteiger partial charge < -0.3 is 15.4 Å². The lowest BCUT2D eigenvalue weighted by atomic mass is 9.94. The third kappa shape index (κ3) is 3.00. The van der Waals surface area contributed by atoms with Crippen LogP contribution in [0.1, 0.15) is 37.5 Å². The van der Waals surface area contributed by atoms with Gasteiger partial charge in [0.2, 0.25) is 0 Å². The highest BCUT2D eigenvalue weighted by molar-refractivity contribution is 5.69. The highest BCUT2D eigenvalue weighted by Gasteiger charge is 2.27. The van der Waals surface area contributed by atoms with Gasteiger partial charge in [0.15, 0.2) is 0 Å². The molecule has 1 aliphatic rings. The second-order valence-corrected chi connectivity index (χ2v) is 6.08. The zero-order chi connectivity index (χ0) is 14.2. The molecular weight excluding hydrogens is 240 g/mol. The predicted molar refractivity (Wildman–Crippen MR) is 75.9 cm³/mol. The topological polar surface area (TPSA) is 55.6 Å². The first-order valence-corrected chi connectivity index (χ1v) is 6.62. The first kappa shape index (κ1) is 13.7. The molecule has 104 valence electrons. The fraction of sp³-hybridized carbons (Fsp3) is 0.533. The van der Waals surface area contributed by atoms with Gasteiger partial charge in [0.05, 0.1) is 0 Å². The Morgan fingerprint density at radius 2 is 2.00 bits per heavy atom. The Bertz CT molecular complexity index is 504. The minimum absolute atomic E-state index is 0.250. The van der Waals surface area contributed by atoms with Crippen molar-refractivity contribution in [1.82, 2.24) is 4.90 Å². The first-order chi connectivity index (χ1) is 8.78. The molecule has 0 saturated carbocycles. The fourth-order valence-corrected chi connectivity index (χ4v) is 2.34. The first-order valence-electron chi connectivity index (χ1n) is 6.62. The number of rotatable bonds is 0. The van der Waals surface area contributed by atoms with Gasteiger partial charge in [-0.3, -0.25) is 0 Å². The van der Waals surface area contributed by atoms with Crippen LogP contribution in [0.2, 0.25) is 0 Å². The van der Waals surface area contributed by atoms with Crippen molar-refractivity contribution in [1.29, 1.82) is 0 Å². The SMILES string of the molecule is Cc1ccc(N)c2c1CN(C(=O)OC(C)(C)C)CC2. The van der Waals surface area contributed by atoms with E-state index in [-0.39, 0.29) is 6.09 Å². The summed E-state index contributed by atoms with van der Waals surface area (Å²) in [6, 6.07) is 3.95. The maximum Gasteiger partial charge on any atom is 0.410 e. The van der Waals surface area contributed by atoms with E-state index < -0.39 is 5.60 Å². The standard InChI is InChI=1S/C15H22N2O2/c1-10-5-6-13(16)11-7-8-17(9-12(10)11)14(18)19-15(2,3)4/h5-6H,7-9,16H2,1-4H3. The molecule has 2 N–H and O–H groups in total. The fourth-order valence-electron chi connectivity index (χ4n) is 2.34. The lowest BCUT2D eigenvalue weighted by Gasteiger charge is -2.32. The van der Waals surface area contributed by atoms with Crippen LogP contribution in [0.5, 0.6) is 0 Å². The summed E-state index contributed by atoms with van der Waals surface area (Å²) in [7, 11) is 0. The average molecular weight is 262 g/mol. The summed E-state index contributed by atoms with van der Waals surface area (Å²) in [5.74, 6) is 0. The molecule has 0 atom stereocenters. The summed E-state index contributed by atoms with van der Waals surface area (Å²) in [5, 5.41) is 0. The zero-order valence-corrected chi connectivity index (χ0v) is 12.1. The molecule has 0 aliphatic carbocycles. The number of carbonyl (C=O) groups excluding carboxylic acids is 1. The Morgan fingerprint density at radius 1 is 1.32 bits per heavy atom. The molecule has 1 heterocycles. The van der Waals surface area contributed by atoms with Crippen molar-refractivity contribution >= 4 is 11.8 Å². The molecule has 1 amide bonds. The molecule has 0 spiro atoms. The van der Waals surface area contributed by atoms with E-state index in [1.54, 1.807) is 4.90 Å². The van der Waals surface area contributed by atoms with Crippen molar-refractivity contribution in [2.45, 2.75) is 46.3 Å². The Balaban J connectivity index is 2.18. The molecule has 2 rings (SSSR count). The van der Waals surface area contributed by atoms with Gasteiger partial charge in [-0.25, -0.2) is 4.79 Å². The molecule has 4 nitrogen and oxygen atoms in total. The summed E-state index contributed by atoms with van der Waals surface area (Å²) in [5.41, 5.74) is 9.89. The molecule has 0 aromatic heterocycles. The van der Waals surface area contributed by atoms with Gasteiger partial charge in [0.1, 0.15) is 5.60 Å². The molecule has 0 bridgehead atoms. The summed E-state index contributed by atoms with van der Waals surface area (Å²) in [6.07, 6.45) is 0.544. The Morgan fingerprint density at radius 3 is 2.63 bits per heavy atom. The Hall–Kier alpha value is -1.71. The van der Waals surface area contributed by atoms with Gasteiger partial charge in [0, 0.05) is 18.8 Å². The van der Waals surface area contributed by atoms with Crippen LogP contribution in [-0.2, 0) is 17.7 Å². The molecule has 19 heavy (non-hydrogen) atoms. The summed E-state index contributed by atoms with van der Waals surface area (Å²) >= 11 is 0. The van der Waals surface area contributed by atoms with E-state index in [0.29, 0.717) is 13.1 Å². The number of benzene rings is 1. The van der Waals surface area contributed by atoms with Crippen molar-refractivity contribution in [2.24, 2.45) is 0 Å². The van der Waals surface area contributed by atoms with Crippen LogP contribution in [0.4, 0.5) is 10.5 Å². The molecule has 0 unspecified atom stereocenters. The highest BCUT2D eigenvalue weighted by atomic mass is 16.6. The number of carbonyl (C=O) groups is 1. The third-order valence-corrected chi connectivity index (χ3v) is 3.33. The van der Waals surface area contributed by atoms with E-state index in [2.05, 4.69) is 6.92 Å². The van der Waals surface area contributed by atoms with Crippen LogP contribution in [0.25, 0.3) is 0 Å². The number of ether oxygens (including phenoxy) is 1. The quantitative estimate of drug-likeness (QED) is 0.731. The van der Waals surface area contributed by atoms with Crippen molar-refractivity contribution in [2.75, 3.05) is 12.3 Å². The highest BCUT2D eigenvalue weighted by Crippen LogP contribution is 2.28. The van der Waals surface area contributed by atoms with Gasteiger partial charge in [-0.05, 0) is 56.9 Å². The van der Waals surface area contributed by atoms with E-state index in [1.165, 1.54) is 11.1 Å². The van der Waals surface area contributed by atoms with E-state index in [1.807, 2.05) is 32.9 Å². The van der Waals surface area contributed by atoms with Gasteiger partial charge >= 0.3 is 6.09 Å². The number of hydrogen-bond acceptors (Lipinski definition) is 3. The maximum absolute atomic E-state index is 12.1. The van der Waals surface area contributed by atoms with Gasteiger partial charge in [0.25, 0.3) is 0 Å². The monoisotopic (exact) mass is 262 g/mol. The van der Waals surface area contributed by atoms with E-state index in [0.717, 1.165) is 17.7 Å². The molecule has 4 heteroatoms. The van der Waals surface area contributed by atoms with Gasteiger partial charge in [-0.15, -0.1) is 0 Å². The van der Waals surface area contributed by atoms with Crippen LogP contribution in [0, 0.1) is 6.92 Å². The molecule has 1 aromatic carbocycles. The second-order valence-electron chi connectivity index (χ2n) is 6.08. The van der Waals surface area contributed by atoms with Crippen molar-refractivity contribution in [3.63, 3.8) is 0 Å². The van der Waals surface area contributed by atoms with E-state index in [4.69, 9.17) is 10.5 Å². The van der Waals surface area contributed by atoms with Crippen LogP contribution in [0.15, 0.2) is 12.1 Å². The minimum Gasteiger partial charge on any atom is -0.444 e. The largest absolute Gasteiger partial charge is 0.444 e. The van der Waals surface area contributed by atoms with Crippen LogP contribution < -0.4 is 5.73 Å². The third-order valence-electron chi connectivity index (χ3n) is 3.33. The number of nitrogens with zero attached hydrogens (tertiary/aromatic N) is 1. The smallest absolute Gasteiger partial charge is 0.410 e. The lowest BCUT2D eigenvalue weighted by Crippen LogP contribution is -2.40. The molecular formula is C15H22N2O2. The number of amides is 1. The number of nitrogens with two attached hydrogens (primary N) is 1. The number of hydrogen-bond donors (Lipinski definition) is 1. The van der Waals surface area contributed by atoms with Gasteiger partial charge in [-0.1, -0.05) is 6.07 Å². The molecule has 0 saturated heterocycles. The summed E-state index contributed by atoms with van der Waals surface area (Å²) < 4.78 is 5.42. The lowest BCUT2D eigenvalue weighted by molar-refractivity contribution is 0.0224. The number of fused-ring (bicyclic) bond motifs is 1. The van der Waals surface area contributed by atoms with E-state index in [9.17, 15) is 4.79 Å². The summed E-state index contributed by atoms with van der Waals surface area (Å²) in [6.45, 7) is 8.94. The minimum atomic E-state index is -0.456. The summed E-state index contributed by atoms with van der Waals surface area (Å²) in [4.78, 5) is 13.8. The van der Waals surface area contributed by atoms with Crippen LogP contribution in [-0.4, -0.2) is 23.1 Å². The van der Waals surface area contributed by atoms with Gasteiger partial charge in [-0.2, -0.15) is 0 Å². The van der Waals surface area contributed by atoms with Crippen LogP contribution >= 0.6 is 0 Å². The Labute approximate surface area is 114 Å². The Kier molecular flexibility index (Phi) is 3.43. The number of nitrogen functional groups attached to an aromatic ring is 1. The zero-order valence-electron chi connectivity index (χ0n) is 12.1. The van der Waals surface area contributed by atoms with Crippen LogP contribution in [0.3, 0.4) is 0 Å². The molecule has 1 aromatic rings. The van der Waals surface area contributed by atoms with E-state index >= 15 is 0 Å². The van der Waals surface area contributed by atoms with Crippen molar-refractivity contribution in [3.8, 4) is 0 Å². The number of aryl methyl sites for hydroxylation is 1.